The number of amides is 3. The maximum absolute atomic E-state index is 12.6. The van der Waals surface area contributed by atoms with E-state index in [1.165, 1.54) is 29.4 Å². The molecule has 3 aromatic rings. The molecular weight excluding hydrogens is 408 g/mol. The van der Waals surface area contributed by atoms with E-state index in [0.717, 1.165) is 0 Å². The van der Waals surface area contributed by atoms with E-state index in [1.54, 1.807) is 45.3 Å². The van der Waals surface area contributed by atoms with Crippen LogP contribution in [-0.2, 0) is 0 Å². The lowest BCUT2D eigenvalue weighted by atomic mass is 10.1. The highest BCUT2D eigenvalue weighted by Crippen LogP contribution is 2.26. The van der Waals surface area contributed by atoms with Gasteiger partial charge in [0, 0.05) is 19.8 Å². The Bertz CT molecular complexity index is 1110. The third kappa shape index (κ3) is 4.66. The van der Waals surface area contributed by atoms with Gasteiger partial charge in [-0.3, -0.25) is 14.4 Å². The highest BCUT2D eigenvalue weighted by molar-refractivity contribution is 6.34. The summed E-state index contributed by atoms with van der Waals surface area (Å²) in [6.07, 6.45) is 1.40. The molecule has 30 heavy (non-hydrogen) atoms. The molecule has 154 valence electrons. The number of furan rings is 1. The normalized spacial score (nSPS) is 10.4. The molecule has 3 amide bonds. The van der Waals surface area contributed by atoms with Crippen LogP contribution in [0, 0.1) is 6.92 Å². The first-order valence-corrected chi connectivity index (χ1v) is 9.29. The number of anilines is 2. The monoisotopic (exact) mass is 426 g/mol. The molecule has 0 aliphatic heterocycles. The number of aryl methyl sites for hydroxylation is 1. The van der Waals surface area contributed by atoms with Crippen LogP contribution in [0.15, 0.2) is 53.1 Å². The molecular formula is C21H19ClN4O4. The second-order valence-corrected chi connectivity index (χ2v) is 7.02. The van der Waals surface area contributed by atoms with Crippen LogP contribution in [0.25, 0.3) is 0 Å². The zero-order valence-electron chi connectivity index (χ0n) is 16.5. The maximum Gasteiger partial charge on any atom is 0.291 e. The quantitative estimate of drug-likeness (QED) is 0.644. The van der Waals surface area contributed by atoms with Crippen LogP contribution in [0.1, 0.15) is 37.1 Å². The molecule has 0 aliphatic carbocycles. The standard InChI is InChI=1S/C21H19ClN4O4/c1-12-14(7-9-17(23-12)21(29)26(2)3)19(27)24-13-6-8-16(15(22)11-13)25-20(28)18-5-4-10-30-18/h4-11H,1-3H3,(H,24,27)(H,25,28). The van der Waals surface area contributed by atoms with Gasteiger partial charge in [0.1, 0.15) is 5.69 Å². The van der Waals surface area contributed by atoms with Crippen molar-refractivity contribution in [2.24, 2.45) is 0 Å². The minimum Gasteiger partial charge on any atom is -0.459 e. The van der Waals surface area contributed by atoms with Crippen molar-refractivity contribution < 1.29 is 18.8 Å². The van der Waals surface area contributed by atoms with Gasteiger partial charge in [-0.25, -0.2) is 4.98 Å². The van der Waals surface area contributed by atoms with Crippen LogP contribution in [0.2, 0.25) is 5.02 Å². The fourth-order valence-corrected chi connectivity index (χ4v) is 2.86. The molecule has 8 nitrogen and oxygen atoms in total. The Morgan fingerprint density at radius 1 is 1.03 bits per heavy atom. The number of nitrogens with zero attached hydrogens (tertiary/aromatic N) is 2. The van der Waals surface area contributed by atoms with E-state index in [1.807, 2.05) is 0 Å². The van der Waals surface area contributed by atoms with Crippen molar-refractivity contribution in [2.75, 3.05) is 24.7 Å². The first-order chi connectivity index (χ1) is 14.3. The number of carbonyl (C=O) groups excluding carboxylic acids is 3. The molecule has 0 unspecified atom stereocenters. The third-order valence-electron chi connectivity index (χ3n) is 4.18. The smallest absolute Gasteiger partial charge is 0.291 e. The van der Waals surface area contributed by atoms with Crippen molar-refractivity contribution in [3.8, 4) is 0 Å². The number of hydrogen-bond donors (Lipinski definition) is 2. The van der Waals surface area contributed by atoms with E-state index in [4.69, 9.17) is 16.0 Å². The zero-order chi connectivity index (χ0) is 21.8. The van der Waals surface area contributed by atoms with Gasteiger partial charge in [-0.15, -0.1) is 0 Å². The molecule has 0 saturated carbocycles. The molecule has 3 rings (SSSR count). The van der Waals surface area contributed by atoms with Crippen molar-refractivity contribution >= 4 is 40.7 Å². The van der Waals surface area contributed by atoms with Gasteiger partial charge >= 0.3 is 0 Å². The van der Waals surface area contributed by atoms with Gasteiger partial charge in [0.2, 0.25) is 0 Å². The number of halogens is 1. The van der Waals surface area contributed by atoms with Gasteiger partial charge in [-0.2, -0.15) is 0 Å². The predicted octanol–water partition coefficient (Wildman–Crippen LogP) is 3.84. The van der Waals surface area contributed by atoms with Crippen LogP contribution < -0.4 is 10.6 Å². The molecule has 9 heteroatoms. The molecule has 0 fully saturated rings. The van der Waals surface area contributed by atoms with Gasteiger partial charge in [0.15, 0.2) is 5.76 Å². The first-order valence-electron chi connectivity index (χ1n) is 8.91. The van der Waals surface area contributed by atoms with Crippen LogP contribution in [0.5, 0.6) is 0 Å². The maximum atomic E-state index is 12.6. The number of pyridine rings is 1. The molecule has 1 aromatic carbocycles. The second kappa shape index (κ2) is 8.79. The Morgan fingerprint density at radius 3 is 2.40 bits per heavy atom. The average Bonchev–Trinajstić information content (AvgIpc) is 3.24. The number of hydrogen-bond acceptors (Lipinski definition) is 5. The number of benzene rings is 1. The van der Waals surface area contributed by atoms with Crippen LogP contribution in [-0.4, -0.2) is 41.7 Å². The number of carbonyl (C=O) groups is 3. The second-order valence-electron chi connectivity index (χ2n) is 6.61. The average molecular weight is 427 g/mol. The number of aromatic nitrogens is 1. The molecule has 0 aliphatic rings. The van der Waals surface area contributed by atoms with Crippen molar-refractivity contribution in [2.45, 2.75) is 6.92 Å². The summed E-state index contributed by atoms with van der Waals surface area (Å²) in [7, 11) is 3.26. The molecule has 2 heterocycles. The summed E-state index contributed by atoms with van der Waals surface area (Å²) in [5, 5.41) is 5.61. The molecule has 0 bridgehead atoms. The predicted molar refractivity (Wildman–Crippen MR) is 113 cm³/mol. The SMILES string of the molecule is Cc1nc(C(=O)N(C)C)ccc1C(=O)Nc1ccc(NC(=O)c2ccco2)c(Cl)c1. The Kier molecular flexibility index (Phi) is 6.17. The lowest BCUT2D eigenvalue weighted by Gasteiger charge is -2.12. The van der Waals surface area contributed by atoms with Crippen molar-refractivity contribution in [3.63, 3.8) is 0 Å². The molecule has 0 atom stereocenters. The minimum atomic E-state index is -0.437. The third-order valence-corrected chi connectivity index (χ3v) is 4.49. The molecule has 0 saturated heterocycles. The fraction of sp³-hybridized carbons (Fsp3) is 0.143. The molecule has 0 radical (unpaired) electrons. The molecule has 2 N–H and O–H groups in total. The Labute approximate surface area is 177 Å². The van der Waals surface area contributed by atoms with Gasteiger partial charge in [0.05, 0.1) is 28.2 Å². The van der Waals surface area contributed by atoms with Gasteiger partial charge in [0.25, 0.3) is 17.7 Å². The Morgan fingerprint density at radius 2 is 1.80 bits per heavy atom. The number of rotatable bonds is 5. The highest BCUT2D eigenvalue weighted by atomic mass is 35.5. The summed E-state index contributed by atoms with van der Waals surface area (Å²) in [5.74, 6) is -0.924. The van der Waals surface area contributed by atoms with Gasteiger partial charge < -0.3 is 20.0 Å². The van der Waals surface area contributed by atoms with E-state index in [9.17, 15) is 14.4 Å². The lowest BCUT2D eigenvalue weighted by molar-refractivity contribution is 0.0820. The van der Waals surface area contributed by atoms with Crippen LogP contribution >= 0.6 is 11.6 Å². The fourth-order valence-electron chi connectivity index (χ4n) is 2.63. The first kappa shape index (κ1) is 21.1. The largest absolute Gasteiger partial charge is 0.459 e. The van der Waals surface area contributed by atoms with Gasteiger partial charge in [-0.05, 0) is 49.4 Å². The minimum absolute atomic E-state index is 0.155. The van der Waals surface area contributed by atoms with Gasteiger partial charge in [-0.1, -0.05) is 11.6 Å². The van der Waals surface area contributed by atoms with Crippen molar-refractivity contribution in [1.29, 1.82) is 0 Å². The number of nitrogens with one attached hydrogen (secondary N) is 2. The lowest BCUT2D eigenvalue weighted by Crippen LogP contribution is -2.23. The summed E-state index contributed by atoms with van der Waals surface area (Å²) >= 11 is 6.23. The van der Waals surface area contributed by atoms with E-state index < -0.39 is 11.8 Å². The summed E-state index contributed by atoms with van der Waals surface area (Å²) < 4.78 is 5.04. The van der Waals surface area contributed by atoms with E-state index >= 15 is 0 Å². The molecule has 2 aromatic heterocycles. The Balaban J connectivity index is 1.72. The van der Waals surface area contributed by atoms with Crippen molar-refractivity contribution in [3.05, 3.63) is 76.5 Å². The van der Waals surface area contributed by atoms with E-state index in [0.29, 0.717) is 22.6 Å². The summed E-state index contributed by atoms with van der Waals surface area (Å²) in [5.41, 5.74) is 1.83. The van der Waals surface area contributed by atoms with Crippen LogP contribution in [0.4, 0.5) is 11.4 Å². The van der Waals surface area contributed by atoms with E-state index in [2.05, 4.69) is 15.6 Å². The summed E-state index contributed by atoms with van der Waals surface area (Å²) in [6, 6.07) is 10.9. The summed E-state index contributed by atoms with van der Waals surface area (Å²) in [6.45, 7) is 1.65. The zero-order valence-corrected chi connectivity index (χ0v) is 17.3. The highest BCUT2D eigenvalue weighted by Gasteiger charge is 2.16. The molecule has 0 spiro atoms. The van der Waals surface area contributed by atoms with E-state index in [-0.39, 0.29) is 22.4 Å². The summed E-state index contributed by atoms with van der Waals surface area (Å²) in [4.78, 5) is 42.3. The topological polar surface area (TPSA) is 105 Å². The van der Waals surface area contributed by atoms with Crippen LogP contribution in [0.3, 0.4) is 0 Å². The van der Waals surface area contributed by atoms with Crippen molar-refractivity contribution in [1.82, 2.24) is 9.88 Å². The Hall–Kier alpha value is -3.65.